The van der Waals surface area contributed by atoms with Crippen LogP contribution in [-0.4, -0.2) is 49.0 Å². The summed E-state index contributed by atoms with van der Waals surface area (Å²) in [4.78, 5) is 7.00. The van der Waals surface area contributed by atoms with E-state index in [1.165, 1.54) is 12.1 Å². The number of hydrogen-bond donors (Lipinski definition) is 1. The molecule has 36 heavy (non-hydrogen) atoms. The first-order valence-electron chi connectivity index (χ1n) is 11.7. The SMILES string of the molecule is CC(C)(c1ccc(Cl)c(Cl)c1)c1cnc(SCC2CCN(c3nnn[nH]3)CC2)n1-c1ccc(F)cc1. The first-order valence-corrected chi connectivity index (χ1v) is 13.5. The molecule has 1 saturated heterocycles. The largest absolute Gasteiger partial charge is 0.340 e. The fraction of sp³-hybridized carbons (Fsp3) is 0.360. The monoisotopic (exact) mass is 545 g/mol. The van der Waals surface area contributed by atoms with Gasteiger partial charge in [-0.3, -0.25) is 4.57 Å². The van der Waals surface area contributed by atoms with Crippen LogP contribution < -0.4 is 4.90 Å². The Morgan fingerprint density at radius 1 is 1.08 bits per heavy atom. The van der Waals surface area contributed by atoms with Crippen molar-refractivity contribution in [2.45, 2.75) is 37.3 Å². The molecule has 0 amide bonds. The molecular weight excluding hydrogens is 520 g/mol. The second-order valence-corrected chi connectivity index (χ2v) is 11.3. The van der Waals surface area contributed by atoms with Crippen LogP contribution in [0.25, 0.3) is 5.69 Å². The number of hydrogen-bond acceptors (Lipinski definition) is 6. The number of aromatic nitrogens is 6. The Morgan fingerprint density at radius 2 is 1.83 bits per heavy atom. The molecule has 1 fully saturated rings. The number of rotatable bonds is 7. The van der Waals surface area contributed by atoms with Gasteiger partial charge in [0.2, 0.25) is 5.95 Å². The van der Waals surface area contributed by atoms with Crippen molar-refractivity contribution in [3.63, 3.8) is 0 Å². The normalized spacial score (nSPS) is 15.0. The molecule has 0 bridgehead atoms. The Morgan fingerprint density at radius 3 is 2.50 bits per heavy atom. The Bertz CT molecular complexity index is 1320. The number of imidazole rings is 1. The van der Waals surface area contributed by atoms with E-state index < -0.39 is 5.41 Å². The highest BCUT2D eigenvalue weighted by Crippen LogP contribution is 2.38. The van der Waals surface area contributed by atoms with E-state index in [9.17, 15) is 4.39 Å². The summed E-state index contributed by atoms with van der Waals surface area (Å²) in [5, 5.41) is 16.1. The zero-order valence-electron chi connectivity index (χ0n) is 20.0. The Balaban J connectivity index is 1.40. The van der Waals surface area contributed by atoms with Crippen molar-refractivity contribution in [2.75, 3.05) is 23.7 Å². The van der Waals surface area contributed by atoms with Gasteiger partial charge in [-0.15, -0.1) is 0 Å². The Kier molecular flexibility index (Phi) is 7.23. The van der Waals surface area contributed by atoms with Crippen molar-refractivity contribution in [3.05, 3.63) is 75.8 Å². The van der Waals surface area contributed by atoms with Gasteiger partial charge < -0.3 is 4.90 Å². The van der Waals surface area contributed by atoms with Gasteiger partial charge in [-0.1, -0.05) is 60.0 Å². The second-order valence-electron chi connectivity index (χ2n) is 9.46. The maximum absolute atomic E-state index is 13.8. The number of nitrogens with zero attached hydrogens (tertiary/aromatic N) is 6. The van der Waals surface area contributed by atoms with Crippen molar-refractivity contribution in [1.29, 1.82) is 0 Å². The van der Waals surface area contributed by atoms with E-state index in [1.807, 2.05) is 24.4 Å². The smallest absolute Gasteiger partial charge is 0.242 e. The molecule has 1 aliphatic heterocycles. The fourth-order valence-corrected chi connectivity index (χ4v) is 6.02. The molecule has 11 heteroatoms. The summed E-state index contributed by atoms with van der Waals surface area (Å²) in [6.45, 7) is 6.08. The van der Waals surface area contributed by atoms with E-state index in [-0.39, 0.29) is 5.82 Å². The van der Waals surface area contributed by atoms with Crippen molar-refractivity contribution in [1.82, 2.24) is 30.2 Å². The molecule has 0 atom stereocenters. The topological polar surface area (TPSA) is 75.5 Å². The van der Waals surface area contributed by atoms with Crippen molar-refractivity contribution < 1.29 is 4.39 Å². The minimum Gasteiger partial charge on any atom is -0.340 e. The van der Waals surface area contributed by atoms with E-state index in [2.05, 4.69) is 43.9 Å². The molecule has 7 nitrogen and oxygen atoms in total. The van der Waals surface area contributed by atoms with Crippen LogP contribution >= 0.6 is 35.0 Å². The summed E-state index contributed by atoms with van der Waals surface area (Å²) in [6.07, 6.45) is 4.01. The molecule has 0 radical (unpaired) electrons. The average Bonchev–Trinajstić information content (AvgIpc) is 3.56. The number of nitrogens with one attached hydrogen (secondary N) is 1. The number of tetrazole rings is 1. The predicted molar refractivity (Wildman–Crippen MR) is 142 cm³/mol. The molecule has 2 aromatic heterocycles. The van der Waals surface area contributed by atoms with Gasteiger partial charge in [-0.25, -0.2) is 14.5 Å². The first-order chi connectivity index (χ1) is 17.3. The van der Waals surface area contributed by atoms with Crippen LogP contribution in [-0.2, 0) is 5.41 Å². The number of thioether (sulfide) groups is 1. The van der Waals surface area contributed by atoms with Crippen LogP contribution in [0.4, 0.5) is 10.3 Å². The molecule has 188 valence electrons. The molecule has 2 aromatic carbocycles. The molecule has 1 aliphatic rings. The summed E-state index contributed by atoms with van der Waals surface area (Å²) < 4.78 is 15.9. The lowest BCUT2D eigenvalue weighted by Gasteiger charge is -2.31. The number of aromatic amines is 1. The molecule has 0 unspecified atom stereocenters. The summed E-state index contributed by atoms with van der Waals surface area (Å²) in [6, 6.07) is 12.2. The zero-order valence-corrected chi connectivity index (χ0v) is 22.3. The van der Waals surface area contributed by atoms with Gasteiger partial charge in [0, 0.05) is 29.9 Å². The minimum atomic E-state index is -0.426. The first kappa shape index (κ1) is 25.0. The maximum atomic E-state index is 13.8. The molecule has 1 N–H and O–H groups in total. The predicted octanol–water partition coefficient (Wildman–Crippen LogP) is 6.17. The summed E-state index contributed by atoms with van der Waals surface area (Å²) in [7, 11) is 0. The van der Waals surface area contributed by atoms with Crippen LogP contribution in [0.5, 0.6) is 0 Å². The van der Waals surface area contributed by atoms with Gasteiger partial charge in [-0.2, -0.15) is 0 Å². The molecule has 4 aromatic rings. The molecule has 0 aliphatic carbocycles. The molecule has 5 rings (SSSR count). The van der Waals surface area contributed by atoms with Crippen molar-refractivity contribution in [2.24, 2.45) is 5.92 Å². The standard InChI is InChI=1S/C25H26Cl2FN7S/c1-25(2,17-3-8-20(26)21(27)13-17)22-14-29-24(35(22)19-6-4-18(28)5-7-19)36-15-16-9-11-34(12-10-16)23-30-32-33-31-23/h3-8,13-14,16H,9-12,15H2,1-2H3,(H,30,31,32,33). The van der Waals surface area contributed by atoms with E-state index in [4.69, 9.17) is 28.2 Å². The van der Waals surface area contributed by atoms with Gasteiger partial charge >= 0.3 is 0 Å². The molecular formula is C25H26Cl2FN7S. The summed E-state index contributed by atoms with van der Waals surface area (Å²) in [5.74, 6) is 1.94. The van der Waals surface area contributed by atoms with Crippen LogP contribution in [0.15, 0.2) is 53.8 Å². The number of benzene rings is 2. The fourth-order valence-electron chi connectivity index (χ4n) is 4.54. The van der Waals surface area contributed by atoms with E-state index in [0.717, 1.165) is 59.7 Å². The zero-order chi connectivity index (χ0) is 25.3. The lowest BCUT2D eigenvalue weighted by Crippen LogP contribution is -2.35. The van der Waals surface area contributed by atoms with Gasteiger partial charge in [0.1, 0.15) is 5.82 Å². The average molecular weight is 547 g/mol. The lowest BCUT2D eigenvalue weighted by atomic mass is 9.81. The third-order valence-electron chi connectivity index (χ3n) is 6.79. The highest BCUT2D eigenvalue weighted by atomic mass is 35.5. The quantitative estimate of drug-likeness (QED) is 0.280. The van der Waals surface area contributed by atoms with Gasteiger partial charge in [0.05, 0.1) is 21.9 Å². The number of anilines is 1. The van der Waals surface area contributed by atoms with E-state index in [0.29, 0.717) is 16.0 Å². The summed E-state index contributed by atoms with van der Waals surface area (Å²) >= 11 is 14.3. The number of halogens is 3. The van der Waals surface area contributed by atoms with E-state index in [1.54, 1.807) is 23.9 Å². The Labute approximate surface area is 223 Å². The van der Waals surface area contributed by atoms with Crippen LogP contribution in [0, 0.1) is 11.7 Å². The second kappa shape index (κ2) is 10.4. The Hall–Kier alpha value is -2.62. The molecule has 0 spiro atoms. The highest BCUT2D eigenvalue weighted by Gasteiger charge is 2.30. The third kappa shape index (κ3) is 5.10. The van der Waals surface area contributed by atoms with Crippen molar-refractivity contribution >= 4 is 40.9 Å². The van der Waals surface area contributed by atoms with Gasteiger partial charge in [0.15, 0.2) is 5.16 Å². The van der Waals surface area contributed by atoms with Crippen LogP contribution in [0.3, 0.4) is 0 Å². The lowest BCUT2D eigenvalue weighted by molar-refractivity contribution is 0.440. The van der Waals surface area contributed by atoms with Crippen molar-refractivity contribution in [3.8, 4) is 5.69 Å². The number of H-pyrrole nitrogens is 1. The number of piperidine rings is 1. The maximum Gasteiger partial charge on any atom is 0.242 e. The molecule has 0 saturated carbocycles. The van der Waals surface area contributed by atoms with Crippen LogP contribution in [0.1, 0.15) is 37.9 Å². The highest BCUT2D eigenvalue weighted by molar-refractivity contribution is 7.99. The molecule has 3 heterocycles. The van der Waals surface area contributed by atoms with Gasteiger partial charge in [-0.05, 0) is 71.1 Å². The van der Waals surface area contributed by atoms with Crippen LogP contribution in [0.2, 0.25) is 10.0 Å². The summed E-state index contributed by atoms with van der Waals surface area (Å²) in [5.41, 5.74) is 2.45. The minimum absolute atomic E-state index is 0.271. The van der Waals surface area contributed by atoms with E-state index >= 15 is 0 Å². The third-order valence-corrected chi connectivity index (χ3v) is 8.72. The van der Waals surface area contributed by atoms with Gasteiger partial charge in [0.25, 0.3) is 0 Å².